The number of nitrogens with zero attached hydrogens (tertiary/aromatic N) is 5. The molecule has 0 saturated heterocycles. The summed E-state index contributed by atoms with van der Waals surface area (Å²) in [6, 6.07) is 53.4. The van der Waals surface area contributed by atoms with Crippen molar-refractivity contribution >= 4 is 43.2 Å². The first-order valence-corrected chi connectivity index (χ1v) is 15.8. The summed E-state index contributed by atoms with van der Waals surface area (Å²) in [6.07, 6.45) is 0. The first kappa shape index (κ1) is 27.5. The van der Waals surface area contributed by atoms with Crippen LogP contribution in [0, 0.1) is 11.3 Å². The molecule has 222 valence electrons. The third-order valence-corrected chi connectivity index (χ3v) is 8.91. The summed E-state index contributed by atoms with van der Waals surface area (Å²) in [5, 5.41) is 17.5. The van der Waals surface area contributed by atoms with Crippen molar-refractivity contribution in [3.63, 3.8) is 0 Å². The van der Waals surface area contributed by atoms with E-state index in [1.165, 1.54) is 16.2 Å². The van der Waals surface area contributed by atoms with E-state index in [2.05, 4.69) is 72.8 Å². The van der Waals surface area contributed by atoms with Gasteiger partial charge in [-0.3, -0.25) is 0 Å². The maximum atomic E-state index is 9.51. The molecule has 0 aliphatic carbocycles. The van der Waals surface area contributed by atoms with Crippen LogP contribution in [-0.2, 0) is 0 Å². The zero-order valence-corrected chi connectivity index (χ0v) is 25.7. The lowest BCUT2D eigenvalue weighted by molar-refractivity contribution is 1.07. The van der Waals surface area contributed by atoms with E-state index in [0.29, 0.717) is 23.0 Å². The summed E-state index contributed by atoms with van der Waals surface area (Å²) in [5.74, 6) is 1.80. The lowest BCUT2D eigenvalue weighted by Crippen LogP contribution is -2.00. The Morgan fingerprint density at radius 2 is 0.854 bits per heavy atom. The van der Waals surface area contributed by atoms with Gasteiger partial charge >= 0.3 is 0 Å². The number of rotatable bonds is 4. The Morgan fingerprint density at radius 3 is 1.42 bits per heavy atom. The number of benzene rings is 7. The molecule has 0 fully saturated rings. The molecule has 5 heteroatoms. The fraction of sp³-hybridized carbons (Fsp3) is 0. The van der Waals surface area contributed by atoms with Gasteiger partial charge in [0.1, 0.15) is 0 Å². The Morgan fingerprint density at radius 1 is 0.375 bits per heavy atom. The summed E-state index contributed by atoms with van der Waals surface area (Å²) >= 11 is 0. The number of pyridine rings is 1. The van der Waals surface area contributed by atoms with Gasteiger partial charge in [0.25, 0.3) is 0 Å². The average molecular weight is 612 g/mol. The van der Waals surface area contributed by atoms with Gasteiger partial charge in [0.15, 0.2) is 17.5 Å². The molecule has 0 aliphatic heterocycles. The molecular formula is C43H25N5. The van der Waals surface area contributed by atoms with Gasteiger partial charge in [-0.2, -0.15) is 5.26 Å². The largest absolute Gasteiger partial charge is 0.247 e. The molecule has 7 aromatic carbocycles. The molecule has 5 nitrogen and oxygen atoms in total. The van der Waals surface area contributed by atoms with Crippen molar-refractivity contribution in [3.05, 3.63) is 157 Å². The molecule has 9 aromatic rings. The van der Waals surface area contributed by atoms with Crippen LogP contribution >= 0.6 is 0 Å². The molecule has 0 spiro atoms. The van der Waals surface area contributed by atoms with Gasteiger partial charge in [0.05, 0.1) is 22.8 Å². The summed E-state index contributed by atoms with van der Waals surface area (Å²) in [7, 11) is 0. The summed E-state index contributed by atoms with van der Waals surface area (Å²) < 4.78 is 0. The molecule has 2 heterocycles. The number of hydrogen-bond donors (Lipinski definition) is 0. The fourth-order valence-corrected chi connectivity index (χ4v) is 6.67. The van der Waals surface area contributed by atoms with Gasteiger partial charge in [-0.25, -0.2) is 19.9 Å². The van der Waals surface area contributed by atoms with Crippen LogP contribution in [0.3, 0.4) is 0 Å². The van der Waals surface area contributed by atoms with Crippen molar-refractivity contribution in [2.45, 2.75) is 0 Å². The smallest absolute Gasteiger partial charge is 0.164 e. The molecule has 0 radical (unpaired) electrons. The minimum atomic E-state index is 0.579. The molecule has 0 amide bonds. The van der Waals surface area contributed by atoms with Crippen molar-refractivity contribution in [2.75, 3.05) is 0 Å². The lowest BCUT2D eigenvalue weighted by atomic mass is 9.89. The van der Waals surface area contributed by atoms with Gasteiger partial charge in [-0.05, 0) is 39.7 Å². The van der Waals surface area contributed by atoms with E-state index in [-0.39, 0.29) is 0 Å². The monoisotopic (exact) mass is 611 g/mol. The van der Waals surface area contributed by atoms with Crippen LogP contribution in [0.25, 0.3) is 88.6 Å². The number of hydrogen-bond acceptors (Lipinski definition) is 5. The predicted octanol–water partition coefficient (Wildman–Crippen LogP) is 10.4. The topological polar surface area (TPSA) is 75.3 Å². The van der Waals surface area contributed by atoms with Gasteiger partial charge in [0, 0.05) is 38.4 Å². The molecule has 2 aromatic heterocycles. The Bertz CT molecular complexity index is 2660. The van der Waals surface area contributed by atoms with Crippen molar-refractivity contribution in [1.29, 1.82) is 5.26 Å². The van der Waals surface area contributed by atoms with Gasteiger partial charge in [0.2, 0.25) is 0 Å². The molecule has 9 rings (SSSR count). The zero-order chi connectivity index (χ0) is 32.0. The van der Waals surface area contributed by atoms with E-state index in [1.54, 1.807) is 0 Å². The van der Waals surface area contributed by atoms with Crippen LogP contribution in [0.1, 0.15) is 5.56 Å². The van der Waals surface area contributed by atoms with Crippen molar-refractivity contribution in [1.82, 2.24) is 19.9 Å². The van der Waals surface area contributed by atoms with Crippen molar-refractivity contribution < 1.29 is 0 Å². The van der Waals surface area contributed by atoms with Crippen molar-refractivity contribution in [2.24, 2.45) is 0 Å². The quantitative estimate of drug-likeness (QED) is 0.185. The number of aromatic nitrogens is 4. The van der Waals surface area contributed by atoms with Crippen LogP contribution in [0.15, 0.2) is 152 Å². The van der Waals surface area contributed by atoms with Crippen LogP contribution in [0.2, 0.25) is 0 Å². The summed E-state index contributed by atoms with van der Waals surface area (Å²) in [5.41, 5.74) is 5.95. The Hall–Kier alpha value is -6.77. The SMILES string of the molecule is N#Cc1ccc(-c2nc3cc(-c4nc(-c5ccccc5)nc(-c5ccccc5)n4)ccc3c3c4ccccc4c4ccccc4c23)cc1. The second kappa shape index (κ2) is 11.2. The first-order chi connectivity index (χ1) is 23.7. The highest BCUT2D eigenvalue weighted by molar-refractivity contribution is 6.33. The molecule has 0 bridgehead atoms. The molecule has 48 heavy (non-hydrogen) atoms. The number of fused-ring (bicyclic) bond motifs is 8. The van der Waals surface area contributed by atoms with Gasteiger partial charge in [-0.1, -0.05) is 133 Å². The average Bonchev–Trinajstić information content (AvgIpc) is 3.17. The van der Waals surface area contributed by atoms with E-state index in [9.17, 15) is 5.26 Å². The molecule has 0 unspecified atom stereocenters. The van der Waals surface area contributed by atoms with E-state index < -0.39 is 0 Å². The highest BCUT2D eigenvalue weighted by Gasteiger charge is 2.19. The molecule has 0 N–H and O–H groups in total. The second-order valence-electron chi connectivity index (χ2n) is 11.8. The Labute approximate surface area is 276 Å². The second-order valence-corrected chi connectivity index (χ2v) is 11.8. The third-order valence-electron chi connectivity index (χ3n) is 8.91. The predicted molar refractivity (Wildman–Crippen MR) is 194 cm³/mol. The highest BCUT2D eigenvalue weighted by atomic mass is 15.0. The molecule has 0 atom stereocenters. The molecular weight excluding hydrogens is 587 g/mol. The van der Waals surface area contributed by atoms with Crippen LogP contribution in [0.5, 0.6) is 0 Å². The summed E-state index contributed by atoms with van der Waals surface area (Å²) in [4.78, 5) is 20.2. The Balaban J connectivity index is 1.36. The van der Waals surface area contributed by atoms with Crippen LogP contribution in [0.4, 0.5) is 0 Å². The maximum Gasteiger partial charge on any atom is 0.164 e. The highest BCUT2D eigenvalue weighted by Crippen LogP contribution is 2.43. The lowest BCUT2D eigenvalue weighted by Gasteiger charge is -2.17. The normalized spacial score (nSPS) is 11.3. The molecule has 0 saturated carbocycles. The number of nitriles is 1. The Kier molecular flexibility index (Phi) is 6.45. The minimum absolute atomic E-state index is 0.579. The van der Waals surface area contributed by atoms with E-state index in [1.807, 2.05) is 84.9 Å². The van der Waals surface area contributed by atoms with Crippen LogP contribution in [-0.4, -0.2) is 19.9 Å². The zero-order valence-electron chi connectivity index (χ0n) is 25.7. The standard InChI is InChI=1S/C43H25N5/c44-26-27-19-21-28(22-20-27)40-39-35-18-10-8-16-33(35)32-15-7-9-17-34(32)38(39)36-24-23-31(25-37(36)45-40)43-47-41(29-11-3-1-4-12-29)46-42(48-43)30-13-5-2-6-14-30/h1-25H. The van der Waals surface area contributed by atoms with E-state index >= 15 is 0 Å². The maximum absolute atomic E-state index is 9.51. The summed E-state index contributed by atoms with van der Waals surface area (Å²) in [6.45, 7) is 0. The first-order valence-electron chi connectivity index (χ1n) is 15.8. The van der Waals surface area contributed by atoms with Gasteiger partial charge in [-0.15, -0.1) is 0 Å². The van der Waals surface area contributed by atoms with E-state index in [4.69, 9.17) is 19.9 Å². The van der Waals surface area contributed by atoms with Crippen LogP contribution < -0.4 is 0 Å². The van der Waals surface area contributed by atoms with Crippen molar-refractivity contribution in [3.8, 4) is 51.5 Å². The third kappa shape index (κ3) is 4.55. The fourth-order valence-electron chi connectivity index (χ4n) is 6.67. The molecule has 0 aliphatic rings. The van der Waals surface area contributed by atoms with E-state index in [0.717, 1.165) is 55.0 Å². The van der Waals surface area contributed by atoms with Gasteiger partial charge < -0.3 is 0 Å². The minimum Gasteiger partial charge on any atom is -0.247 e.